The Morgan fingerprint density at radius 2 is 2.42 bits per heavy atom. The van der Waals surface area contributed by atoms with Gasteiger partial charge in [0.2, 0.25) is 0 Å². The second kappa shape index (κ2) is 3.72. The zero-order chi connectivity index (χ0) is 8.97. The van der Waals surface area contributed by atoms with E-state index in [1.54, 1.807) is 19.1 Å². The molecule has 0 N–H and O–H groups in total. The van der Waals surface area contributed by atoms with Crippen molar-refractivity contribution in [2.45, 2.75) is 19.8 Å². The Kier molecular flexibility index (Phi) is 2.65. The number of nitrogens with zero attached hydrogens (tertiary/aromatic N) is 1. The van der Waals surface area contributed by atoms with Gasteiger partial charge in [-0.1, -0.05) is 0 Å². The minimum absolute atomic E-state index is 0.107. The minimum atomic E-state index is -0.107. The zero-order valence-corrected chi connectivity index (χ0v) is 6.83. The fourth-order valence-electron chi connectivity index (χ4n) is 0.877. The third-order valence-corrected chi connectivity index (χ3v) is 1.48. The average molecular weight is 163 g/mol. The highest BCUT2D eigenvalue weighted by Gasteiger charge is 2.08. The maximum atomic E-state index is 11.2. The Balaban J connectivity index is 2.61. The maximum absolute atomic E-state index is 11.2. The molecule has 0 saturated carbocycles. The Bertz CT molecular complexity index is 320. The minimum Gasteiger partial charge on any atom is -0.458 e. The van der Waals surface area contributed by atoms with E-state index in [1.807, 2.05) is 6.07 Å². The van der Waals surface area contributed by atoms with Crippen molar-refractivity contribution in [3.63, 3.8) is 0 Å². The first-order valence-corrected chi connectivity index (χ1v) is 3.70. The van der Waals surface area contributed by atoms with Crippen LogP contribution in [0, 0.1) is 18.3 Å². The van der Waals surface area contributed by atoms with Gasteiger partial charge in [-0.15, -0.1) is 0 Å². The Hall–Kier alpha value is -1.56. The molecule has 0 aliphatic rings. The molecule has 0 aliphatic heterocycles. The van der Waals surface area contributed by atoms with Crippen LogP contribution in [0.1, 0.15) is 29.2 Å². The second-order valence-corrected chi connectivity index (χ2v) is 2.49. The van der Waals surface area contributed by atoms with E-state index < -0.39 is 0 Å². The van der Waals surface area contributed by atoms with Crippen molar-refractivity contribution in [3.05, 3.63) is 23.7 Å². The van der Waals surface area contributed by atoms with Gasteiger partial charge in [-0.2, -0.15) is 5.26 Å². The van der Waals surface area contributed by atoms with E-state index in [-0.39, 0.29) is 18.6 Å². The summed E-state index contributed by atoms with van der Waals surface area (Å²) < 4.78 is 5.08. The number of carbonyl (C=O) groups excluding carboxylic acids is 1. The highest BCUT2D eigenvalue weighted by atomic mass is 16.3. The fourth-order valence-corrected chi connectivity index (χ4v) is 0.877. The number of aryl methyl sites for hydroxylation is 1. The molecular weight excluding hydrogens is 154 g/mol. The van der Waals surface area contributed by atoms with E-state index >= 15 is 0 Å². The first-order chi connectivity index (χ1) is 5.74. The molecule has 0 unspecified atom stereocenters. The summed E-state index contributed by atoms with van der Waals surface area (Å²) in [4.78, 5) is 11.2. The average Bonchev–Trinajstić information content (AvgIpc) is 2.47. The van der Waals surface area contributed by atoms with E-state index in [4.69, 9.17) is 9.68 Å². The quantitative estimate of drug-likeness (QED) is 0.641. The molecule has 62 valence electrons. The van der Waals surface area contributed by atoms with Gasteiger partial charge in [0.25, 0.3) is 0 Å². The number of hydrogen-bond donors (Lipinski definition) is 0. The molecule has 3 heteroatoms. The second-order valence-electron chi connectivity index (χ2n) is 2.49. The highest BCUT2D eigenvalue weighted by molar-refractivity contribution is 5.93. The molecule has 0 aromatic carbocycles. The largest absolute Gasteiger partial charge is 0.458 e. The topological polar surface area (TPSA) is 54.0 Å². The summed E-state index contributed by atoms with van der Waals surface area (Å²) in [5, 5.41) is 8.23. The lowest BCUT2D eigenvalue weighted by atomic mass is 10.2. The molecule has 3 nitrogen and oxygen atoms in total. The van der Waals surface area contributed by atoms with Crippen LogP contribution in [0.2, 0.25) is 0 Å². The van der Waals surface area contributed by atoms with Crippen LogP contribution in [0.4, 0.5) is 0 Å². The number of hydrogen-bond acceptors (Lipinski definition) is 3. The predicted octanol–water partition coefficient (Wildman–Crippen LogP) is 2.07. The lowest BCUT2D eigenvalue weighted by molar-refractivity contribution is 0.0956. The predicted molar refractivity (Wildman–Crippen MR) is 42.6 cm³/mol. The third-order valence-electron chi connectivity index (χ3n) is 1.48. The molecule has 1 rings (SSSR count). The standard InChI is InChI=1S/C9H9NO2/c1-7-4-5-9(12-7)8(11)3-2-6-10/h4-5H,2-3H2,1H3. The van der Waals surface area contributed by atoms with Crippen molar-refractivity contribution in [1.29, 1.82) is 5.26 Å². The van der Waals surface area contributed by atoms with Gasteiger partial charge in [0.15, 0.2) is 11.5 Å². The fraction of sp³-hybridized carbons (Fsp3) is 0.333. The summed E-state index contributed by atoms with van der Waals surface area (Å²) in [5.41, 5.74) is 0. The zero-order valence-electron chi connectivity index (χ0n) is 6.83. The van der Waals surface area contributed by atoms with E-state index in [9.17, 15) is 4.79 Å². The molecule has 0 saturated heterocycles. The van der Waals surface area contributed by atoms with Crippen molar-refractivity contribution in [1.82, 2.24) is 0 Å². The molecule has 0 bridgehead atoms. The Labute approximate surface area is 70.6 Å². The summed E-state index contributed by atoms with van der Waals surface area (Å²) in [6.45, 7) is 1.78. The van der Waals surface area contributed by atoms with Crippen LogP contribution in [0.3, 0.4) is 0 Å². The van der Waals surface area contributed by atoms with Crippen LogP contribution < -0.4 is 0 Å². The van der Waals surface area contributed by atoms with Crippen molar-refractivity contribution in [2.24, 2.45) is 0 Å². The summed E-state index contributed by atoms with van der Waals surface area (Å²) in [7, 11) is 0. The first kappa shape index (κ1) is 8.54. The number of furan rings is 1. The molecule has 0 fully saturated rings. The number of carbonyl (C=O) groups is 1. The molecule has 0 amide bonds. The highest BCUT2D eigenvalue weighted by Crippen LogP contribution is 2.09. The molecular formula is C9H9NO2. The maximum Gasteiger partial charge on any atom is 0.199 e. The van der Waals surface area contributed by atoms with Crippen LogP contribution in [-0.2, 0) is 0 Å². The van der Waals surface area contributed by atoms with E-state index in [1.165, 1.54) is 0 Å². The van der Waals surface area contributed by atoms with Gasteiger partial charge in [-0.05, 0) is 19.1 Å². The van der Waals surface area contributed by atoms with E-state index in [2.05, 4.69) is 0 Å². The molecule has 1 aromatic heterocycles. The van der Waals surface area contributed by atoms with Gasteiger partial charge in [-0.25, -0.2) is 0 Å². The number of ketones is 1. The van der Waals surface area contributed by atoms with Crippen molar-refractivity contribution < 1.29 is 9.21 Å². The lowest BCUT2D eigenvalue weighted by Gasteiger charge is -1.90. The van der Waals surface area contributed by atoms with Gasteiger partial charge in [0, 0.05) is 12.8 Å². The van der Waals surface area contributed by atoms with Gasteiger partial charge in [0.05, 0.1) is 6.07 Å². The summed E-state index contributed by atoms with van der Waals surface area (Å²) in [6.07, 6.45) is 0.488. The Morgan fingerprint density at radius 3 is 2.92 bits per heavy atom. The molecule has 12 heavy (non-hydrogen) atoms. The van der Waals surface area contributed by atoms with Crippen molar-refractivity contribution in [3.8, 4) is 6.07 Å². The molecule has 0 spiro atoms. The summed E-state index contributed by atoms with van der Waals surface area (Å²) in [5.74, 6) is 0.961. The lowest BCUT2D eigenvalue weighted by Crippen LogP contribution is -1.95. The van der Waals surface area contributed by atoms with Crippen LogP contribution in [0.5, 0.6) is 0 Å². The monoisotopic (exact) mass is 163 g/mol. The van der Waals surface area contributed by atoms with Crippen molar-refractivity contribution >= 4 is 5.78 Å². The van der Waals surface area contributed by atoms with Gasteiger partial charge in [-0.3, -0.25) is 4.79 Å². The summed E-state index contributed by atoms with van der Waals surface area (Å²) >= 11 is 0. The van der Waals surface area contributed by atoms with Crippen LogP contribution in [-0.4, -0.2) is 5.78 Å². The summed E-state index contributed by atoms with van der Waals surface area (Å²) in [6, 6.07) is 5.28. The van der Waals surface area contributed by atoms with Crippen LogP contribution >= 0.6 is 0 Å². The molecule has 0 radical (unpaired) electrons. The third kappa shape index (κ3) is 1.96. The van der Waals surface area contributed by atoms with Crippen LogP contribution in [0.25, 0.3) is 0 Å². The SMILES string of the molecule is Cc1ccc(C(=O)CCC#N)o1. The smallest absolute Gasteiger partial charge is 0.199 e. The number of rotatable bonds is 3. The van der Waals surface area contributed by atoms with Gasteiger partial charge in [0.1, 0.15) is 5.76 Å². The van der Waals surface area contributed by atoms with E-state index in [0.717, 1.165) is 5.76 Å². The normalized spacial score (nSPS) is 9.33. The van der Waals surface area contributed by atoms with Crippen molar-refractivity contribution in [2.75, 3.05) is 0 Å². The van der Waals surface area contributed by atoms with Gasteiger partial charge >= 0.3 is 0 Å². The molecule has 0 atom stereocenters. The number of Topliss-reactive ketones (excluding diaryl/α,β-unsaturated/α-hetero) is 1. The Morgan fingerprint density at radius 1 is 1.67 bits per heavy atom. The number of nitriles is 1. The van der Waals surface area contributed by atoms with Gasteiger partial charge < -0.3 is 4.42 Å². The first-order valence-electron chi connectivity index (χ1n) is 3.70. The van der Waals surface area contributed by atoms with E-state index in [0.29, 0.717) is 5.76 Å². The molecule has 0 aliphatic carbocycles. The molecule has 1 heterocycles. The molecule has 1 aromatic rings. The van der Waals surface area contributed by atoms with Crippen LogP contribution in [0.15, 0.2) is 16.5 Å².